The standard InChI is InChI=1S/C31H26N2O5/c1-31(2,3)19-6-8-20(9-7-19)32(4)28(36)23-15-16-25-27-24(14-5-18(17-34)26(23)27)29(37)33(30(25)38)21-10-12-22(35)13-11-21/h5-17,35H,1-4H3. The fourth-order valence-electron chi connectivity index (χ4n) is 4.81. The smallest absolute Gasteiger partial charge is 0.265 e. The van der Waals surface area contributed by atoms with Gasteiger partial charge in [0, 0.05) is 45.8 Å². The van der Waals surface area contributed by atoms with Crippen molar-refractivity contribution in [3.8, 4) is 5.75 Å². The van der Waals surface area contributed by atoms with E-state index in [9.17, 15) is 24.3 Å². The lowest BCUT2D eigenvalue weighted by Crippen LogP contribution is -2.40. The molecule has 190 valence electrons. The average molecular weight is 507 g/mol. The number of hydrogen-bond donors (Lipinski definition) is 1. The van der Waals surface area contributed by atoms with Gasteiger partial charge in [0.2, 0.25) is 0 Å². The second kappa shape index (κ2) is 8.95. The van der Waals surface area contributed by atoms with Gasteiger partial charge in [0.25, 0.3) is 17.7 Å². The summed E-state index contributed by atoms with van der Waals surface area (Å²) in [6, 6.07) is 19.5. The van der Waals surface area contributed by atoms with Crippen molar-refractivity contribution in [2.24, 2.45) is 0 Å². The van der Waals surface area contributed by atoms with Gasteiger partial charge in [-0.2, -0.15) is 0 Å². The lowest BCUT2D eigenvalue weighted by molar-refractivity contribution is 0.0891. The number of amides is 3. The third-order valence-electron chi connectivity index (χ3n) is 6.95. The first-order chi connectivity index (χ1) is 18.0. The van der Waals surface area contributed by atoms with Gasteiger partial charge in [-0.25, -0.2) is 4.90 Å². The number of anilines is 2. The minimum Gasteiger partial charge on any atom is -0.508 e. The zero-order chi connectivity index (χ0) is 27.4. The van der Waals surface area contributed by atoms with Gasteiger partial charge in [0.1, 0.15) is 5.75 Å². The molecule has 38 heavy (non-hydrogen) atoms. The van der Waals surface area contributed by atoms with Crippen LogP contribution in [0.15, 0.2) is 72.8 Å². The van der Waals surface area contributed by atoms with Crippen LogP contribution in [0.3, 0.4) is 0 Å². The summed E-state index contributed by atoms with van der Waals surface area (Å²) in [5, 5.41) is 10.2. The van der Waals surface area contributed by atoms with E-state index in [2.05, 4.69) is 20.8 Å². The minimum absolute atomic E-state index is 0.00380. The molecule has 1 aliphatic heterocycles. The topological polar surface area (TPSA) is 95.0 Å². The Morgan fingerprint density at radius 2 is 1.39 bits per heavy atom. The second-order valence-corrected chi connectivity index (χ2v) is 10.4. The number of carbonyl (C=O) groups is 4. The molecule has 0 spiro atoms. The van der Waals surface area contributed by atoms with Crippen molar-refractivity contribution in [3.63, 3.8) is 0 Å². The Labute approximate surface area is 219 Å². The van der Waals surface area contributed by atoms with Crippen LogP contribution >= 0.6 is 0 Å². The fraction of sp³-hybridized carbons (Fsp3) is 0.161. The van der Waals surface area contributed by atoms with Crippen LogP contribution < -0.4 is 9.80 Å². The molecule has 0 bridgehead atoms. The number of aldehydes is 1. The molecule has 7 heteroatoms. The van der Waals surface area contributed by atoms with Crippen molar-refractivity contribution >= 4 is 46.2 Å². The molecule has 1 aliphatic rings. The van der Waals surface area contributed by atoms with E-state index in [0.29, 0.717) is 17.7 Å². The highest BCUT2D eigenvalue weighted by Crippen LogP contribution is 2.37. The van der Waals surface area contributed by atoms with E-state index >= 15 is 0 Å². The molecule has 0 saturated carbocycles. The first-order valence-corrected chi connectivity index (χ1v) is 12.1. The number of aromatic hydroxyl groups is 1. The maximum atomic E-state index is 13.7. The van der Waals surface area contributed by atoms with Crippen molar-refractivity contribution in [2.45, 2.75) is 26.2 Å². The van der Waals surface area contributed by atoms with Crippen molar-refractivity contribution in [1.29, 1.82) is 0 Å². The highest BCUT2D eigenvalue weighted by atomic mass is 16.3. The molecule has 7 nitrogen and oxygen atoms in total. The van der Waals surface area contributed by atoms with E-state index in [1.807, 2.05) is 24.3 Å². The van der Waals surface area contributed by atoms with Crippen LogP contribution in [-0.2, 0) is 5.41 Å². The molecule has 3 amide bonds. The Kier molecular flexibility index (Phi) is 5.87. The van der Waals surface area contributed by atoms with Gasteiger partial charge in [-0.05, 0) is 65.6 Å². The number of phenols is 1. The molecule has 4 aromatic rings. The first-order valence-electron chi connectivity index (χ1n) is 12.1. The largest absolute Gasteiger partial charge is 0.508 e. The Morgan fingerprint density at radius 1 is 0.816 bits per heavy atom. The highest BCUT2D eigenvalue weighted by molar-refractivity contribution is 6.37. The lowest BCUT2D eigenvalue weighted by atomic mass is 9.87. The van der Waals surface area contributed by atoms with Gasteiger partial charge in [-0.3, -0.25) is 19.2 Å². The van der Waals surface area contributed by atoms with E-state index in [0.717, 1.165) is 10.5 Å². The van der Waals surface area contributed by atoms with Crippen molar-refractivity contribution < 1.29 is 24.3 Å². The number of hydrogen-bond acceptors (Lipinski definition) is 5. The number of benzene rings is 4. The molecule has 0 unspecified atom stereocenters. The Balaban J connectivity index is 1.63. The van der Waals surface area contributed by atoms with Crippen LogP contribution in [0.4, 0.5) is 11.4 Å². The van der Waals surface area contributed by atoms with Crippen molar-refractivity contribution in [2.75, 3.05) is 16.8 Å². The van der Waals surface area contributed by atoms with Gasteiger partial charge in [-0.15, -0.1) is 0 Å². The fourth-order valence-corrected chi connectivity index (χ4v) is 4.81. The number of nitrogens with zero attached hydrogens (tertiary/aromatic N) is 2. The van der Waals surface area contributed by atoms with E-state index in [-0.39, 0.29) is 50.1 Å². The van der Waals surface area contributed by atoms with E-state index < -0.39 is 11.8 Å². The number of carbonyl (C=O) groups excluding carboxylic acids is 4. The van der Waals surface area contributed by atoms with Gasteiger partial charge in [0.05, 0.1) is 5.69 Å². The molecule has 1 heterocycles. The normalized spacial score (nSPS) is 13.1. The third-order valence-corrected chi connectivity index (χ3v) is 6.95. The molecule has 4 aromatic carbocycles. The van der Waals surface area contributed by atoms with Crippen LogP contribution in [0, 0.1) is 0 Å². The Morgan fingerprint density at radius 3 is 1.95 bits per heavy atom. The summed E-state index contributed by atoms with van der Waals surface area (Å²) in [7, 11) is 1.65. The monoisotopic (exact) mass is 506 g/mol. The summed E-state index contributed by atoms with van der Waals surface area (Å²) >= 11 is 0. The summed E-state index contributed by atoms with van der Waals surface area (Å²) in [5.41, 5.74) is 2.90. The zero-order valence-corrected chi connectivity index (χ0v) is 21.5. The SMILES string of the molecule is CN(C(=O)c1ccc2c3c(ccc(C=O)c13)C(=O)N(c1ccc(O)cc1)C2=O)c1ccc(C(C)(C)C)cc1. The molecule has 1 N–H and O–H groups in total. The molecular weight excluding hydrogens is 480 g/mol. The molecule has 0 saturated heterocycles. The molecular formula is C31H26N2O5. The predicted octanol–water partition coefficient (Wildman–Crippen LogP) is 5.73. The van der Waals surface area contributed by atoms with Crippen LogP contribution in [-0.4, -0.2) is 36.2 Å². The highest BCUT2D eigenvalue weighted by Gasteiger charge is 2.36. The summed E-state index contributed by atoms with van der Waals surface area (Å²) < 4.78 is 0. The Bertz CT molecular complexity index is 1610. The molecule has 0 aliphatic carbocycles. The third kappa shape index (κ3) is 3.93. The van der Waals surface area contributed by atoms with Crippen molar-refractivity contribution in [1.82, 2.24) is 0 Å². The number of phenolic OH excluding ortho intramolecular Hbond substituents is 1. The maximum Gasteiger partial charge on any atom is 0.265 e. The van der Waals surface area contributed by atoms with E-state index in [1.165, 1.54) is 53.4 Å². The molecule has 0 atom stereocenters. The van der Waals surface area contributed by atoms with Gasteiger partial charge < -0.3 is 10.0 Å². The molecule has 0 aromatic heterocycles. The van der Waals surface area contributed by atoms with Gasteiger partial charge in [0.15, 0.2) is 6.29 Å². The van der Waals surface area contributed by atoms with E-state index in [4.69, 9.17) is 0 Å². The van der Waals surface area contributed by atoms with Gasteiger partial charge in [-0.1, -0.05) is 39.0 Å². The maximum absolute atomic E-state index is 13.7. The molecule has 5 rings (SSSR count). The predicted molar refractivity (Wildman–Crippen MR) is 146 cm³/mol. The molecule has 0 fully saturated rings. The summed E-state index contributed by atoms with van der Waals surface area (Å²) in [6.45, 7) is 6.33. The summed E-state index contributed by atoms with van der Waals surface area (Å²) in [6.07, 6.45) is 0.624. The number of imide groups is 1. The minimum atomic E-state index is -0.577. The van der Waals surface area contributed by atoms with Crippen LogP contribution in [0.2, 0.25) is 0 Å². The lowest BCUT2D eigenvalue weighted by Gasteiger charge is -2.28. The quantitative estimate of drug-likeness (QED) is 0.282. The Hall–Kier alpha value is -4.78. The zero-order valence-electron chi connectivity index (χ0n) is 21.5. The average Bonchev–Trinajstić information content (AvgIpc) is 2.91. The van der Waals surface area contributed by atoms with Crippen LogP contribution in [0.5, 0.6) is 5.75 Å². The van der Waals surface area contributed by atoms with Crippen LogP contribution in [0.25, 0.3) is 10.8 Å². The number of rotatable bonds is 4. The second-order valence-electron chi connectivity index (χ2n) is 10.4. The molecule has 0 radical (unpaired) electrons. The van der Waals surface area contributed by atoms with Crippen LogP contribution in [0.1, 0.15) is 67.8 Å². The first kappa shape index (κ1) is 24.9. The van der Waals surface area contributed by atoms with Crippen molar-refractivity contribution in [3.05, 3.63) is 101 Å². The summed E-state index contributed by atoms with van der Waals surface area (Å²) in [5.74, 6) is -1.53. The summed E-state index contributed by atoms with van der Waals surface area (Å²) in [4.78, 5) is 55.3. The van der Waals surface area contributed by atoms with Gasteiger partial charge >= 0.3 is 0 Å². The van der Waals surface area contributed by atoms with E-state index in [1.54, 1.807) is 7.05 Å².